The lowest BCUT2D eigenvalue weighted by atomic mass is 9.88. The lowest BCUT2D eigenvalue weighted by Crippen LogP contribution is -2.50. The van der Waals surface area contributed by atoms with Gasteiger partial charge in [0.15, 0.2) is 5.58 Å². The van der Waals surface area contributed by atoms with E-state index < -0.39 is 0 Å². The first-order chi connectivity index (χ1) is 31.0. The summed E-state index contributed by atoms with van der Waals surface area (Å²) in [6.45, 7) is 4.23. The average molecular weight is 817 g/mol. The molecule has 0 fully saturated rings. The van der Waals surface area contributed by atoms with E-state index in [4.69, 9.17) is 9.15 Å². The zero-order valence-corrected chi connectivity index (χ0v) is 35.1. The van der Waals surface area contributed by atoms with Gasteiger partial charge >= 0.3 is 0 Å². The van der Waals surface area contributed by atoms with Gasteiger partial charge in [0.05, 0.1) is 23.5 Å². The molecule has 0 radical (unpaired) electrons. The first-order valence-electron chi connectivity index (χ1n) is 21.8. The molecule has 9 aromatic rings. The smallest absolute Gasteiger partial charge is 0.159 e. The minimum Gasteiger partial charge on any atom is -0.507 e. The van der Waals surface area contributed by atoms with Gasteiger partial charge in [-0.25, -0.2) is 0 Å². The Labute approximate surface area is 366 Å². The van der Waals surface area contributed by atoms with Crippen molar-refractivity contribution in [2.75, 3.05) is 9.80 Å². The number of phenols is 1. The summed E-state index contributed by atoms with van der Waals surface area (Å²) >= 11 is 0. The number of ether oxygens (including phenoxy) is 1. The summed E-state index contributed by atoms with van der Waals surface area (Å²) in [7, 11) is 0. The number of aryl methyl sites for hydroxylation is 2. The predicted octanol–water partition coefficient (Wildman–Crippen LogP) is 14.8. The molecule has 2 aliphatic carbocycles. The summed E-state index contributed by atoms with van der Waals surface area (Å²) in [6, 6.07) is 53.1. The number of fused-ring (bicyclic) bond motifs is 8. The van der Waals surface area contributed by atoms with Crippen LogP contribution in [0, 0.1) is 13.8 Å². The number of para-hydroxylation sites is 4. The Hall–Kier alpha value is -7.76. The van der Waals surface area contributed by atoms with Crippen LogP contribution in [0.4, 0.5) is 22.7 Å². The van der Waals surface area contributed by atoms with Crippen molar-refractivity contribution in [2.24, 2.45) is 0 Å². The molecule has 5 heteroatoms. The van der Waals surface area contributed by atoms with Crippen molar-refractivity contribution in [1.82, 2.24) is 0 Å². The van der Waals surface area contributed by atoms with E-state index in [2.05, 4.69) is 206 Å². The van der Waals surface area contributed by atoms with Crippen LogP contribution in [0.15, 0.2) is 199 Å². The highest BCUT2D eigenvalue weighted by molar-refractivity contribution is 6.13. The third kappa shape index (κ3) is 5.91. The van der Waals surface area contributed by atoms with E-state index in [0.717, 1.165) is 106 Å². The SMILES string of the molecule is Cc1cccc2c1OC1C2=CC=CC1N(c1cc(-c2cc(N(c3ccccc3)c3cccc4c3oc3c(C)cccc34)c3ccccc3c2)c(O)c2ccccc12)C1C=CC=CC1. The summed E-state index contributed by atoms with van der Waals surface area (Å²) in [5.74, 6) is 1.20. The fraction of sp³-hybridized carbons (Fsp3) is 0.103. The molecule has 0 spiro atoms. The molecule has 2 heterocycles. The van der Waals surface area contributed by atoms with Crippen molar-refractivity contribution in [3.63, 3.8) is 0 Å². The van der Waals surface area contributed by atoms with Crippen LogP contribution in [0.1, 0.15) is 23.1 Å². The molecule has 3 aliphatic rings. The van der Waals surface area contributed by atoms with Crippen LogP contribution in [0.5, 0.6) is 11.5 Å². The van der Waals surface area contributed by atoms with E-state index >= 15 is 0 Å². The van der Waals surface area contributed by atoms with E-state index in [9.17, 15) is 5.11 Å². The van der Waals surface area contributed by atoms with Crippen LogP contribution in [0.2, 0.25) is 0 Å². The third-order valence-electron chi connectivity index (χ3n) is 13.2. The minimum absolute atomic E-state index is 0.0341. The number of anilines is 4. The molecule has 5 nitrogen and oxygen atoms in total. The quantitative estimate of drug-likeness (QED) is 0.174. The highest BCUT2D eigenvalue weighted by atomic mass is 16.5. The number of hydrogen-bond acceptors (Lipinski definition) is 5. The van der Waals surface area contributed by atoms with Gasteiger partial charge in [0.1, 0.15) is 23.2 Å². The molecule has 12 rings (SSSR count). The monoisotopic (exact) mass is 816 g/mol. The summed E-state index contributed by atoms with van der Waals surface area (Å²) in [5.41, 5.74) is 11.9. The maximum absolute atomic E-state index is 12.6. The average Bonchev–Trinajstić information content (AvgIpc) is 3.92. The van der Waals surface area contributed by atoms with Crippen LogP contribution in [0.3, 0.4) is 0 Å². The van der Waals surface area contributed by atoms with Crippen LogP contribution in [-0.2, 0) is 0 Å². The van der Waals surface area contributed by atoms with Crippen LogP contribution in [0.25, 0.3) is 60.2 Å². The highest BCUT2D eigenvalue weighted by Gasteiger charge is 2.41. The Bertz CT molecular complexity index is 3430. The molecule has 0 saturated carbocycles. The maximum Gasteiger partial charge on any atom is 0.159 e. The molecule has 8 aromatic carbocycles. The topological polar surface area (TPSA) is 49.1 Å². The number of nitrogens with zero attached hydrogens (tertiary/aromatic N) is 2. The molecule has 0 bridgehead atoms. The first-order valence-corrected chi connectivity index (χ1v) is 21.8. The van der Waals surface area contributed by atoms with Gasteiger partial charge < -0.3 is 24.1 Å². The van der Waals surface area contributed by atoms with Gasteiger partial charge in [-0.15, -0.1) is 0 Å². The number of aromatic hydroxyl groups is 1. The molecule has 3 atom stereocenters. The van der Waals surface area contributed by atoms with Crippen LogP contribution < -0.4 is 14.5 Å². The Morgan fingerprint density at radius 1 is 0.571 bits per heavy atom. The molecule has 3 unspecified atom stereocenters. The second kappa shape index (κ2) is 14.7. The molecule has 0 amide bonds. The predicted molar refractivity (Wildman–Crippen MR) is 261 cm³/mol. The third-order valence-corrected chi connectivity index (χ3v) is 13.2. The van der Waals surface area contributed by atoms with E-state index in [1.54, 1.807) is 0 Å². The molecule has 0 saturated heterocycles. The Balaban J connectivity index is 1.09. The minimum atomic E-state index is -0.210. The highest BCUT2D eigenvalue weighted by Crippen LogP contribution is 2.51. The standard InChI is InChI=1S/C58H44N2O3/c1-36-17-13-27-45-47-29-15-31-50(57(47)62-55(36)45)59(40-20-5-3-6-21-40)52-34-39(33-38-19-9-10-24-42(38)52)49-35-53(43-25-11-12-26-44(43)54(49)61)60(41-22-7-4-8-23-41)51-32-16-30-48-46-28-14-18-37(2)56(46)63-58(48)51/h3-22,24-35,41,51,58,61H,23H2,1-2H3. The first kappa shape index (κ1) is 37.0. The fourth-order valence-corrected chi connectivity index (χ4v) is 10.3. The number of allylic oxidation sites excluding steroid dienone is 4. The van der Waals surface area contributed by atoms with Crippen molar-refractivity contribution < 1.29 is 14.3 Å². The van der Waals surface area contributed by atoms with Gasteiger partial charge in [0.25, 0.3) is 0 Å². The number of hydrogen-bond donors (Lipinski definition) is 1. The van der Waals surface area contributed by atoms with Crippen molar-refractivity contribution in [1.29, 1.82) is 0 Å². The Kier molecular flexibility index (Phi) is 8.65. The molecular formula is C58H44N2O3. The van der Waals surface area contributed by atoms with Gasteiger partial charge in [-0.3, -0.25) is 0 Å². The largest absolute Gasteiger partial charge is 0.507 e. The maximum atomic E-state index is 12.6. The van der Waals surface area contributed by atoms with Crippen molar-refractivity contribution in [2.45, 2.75) is 38.5 Å². The van der Waals surface area contributed by atoms with Gasteiger partial charge in [-0.1, -0.05) is 158 Å². The van der Waals surface area contributed by atoms with Gasteiger partial charge in [-0.2, -0.15) is 0 Å². The fourth-order valence-electron chi connectivity index (χ4n) is 10.3. The van der Waals surface area contributed by atoms with Crippen molar-refractivity contribution >= 4 is 71.8 Å². The summed E-state index contributed by atoms with van der Waals surface area (Å²) in [5, 5.41) is 18.7. The van der Waals surface area contributed by atoms with E-state index in [-0.39, 0.29) is 23.9 Å². The Morgan fingerprint density at radius 3 is 2.14 bits per heavy atom. The Morgan fingerprint density at radius 2 is 1.30 bits per heavy atom. The van der Waals surface area contributed by atoms with Crippen LogP contribution in [-0.4, -0.2) is 23.3 Å². The summed E-state index contributed by atoms with van der Waals surface area (Å²) in [6.07, 6.45) is 16.1. The number of furan rings is 1. The summed E-state index contributed by atoms with van der Waals surface area (Å²) in [4.78, 5) is 4.84. The summed E-state index contributed by atoms with van der Waals surface area (Å²) < 4.78 is 13.8. The lowest BCUT2D eigenvalue weighted by molar-refractivity contribution is 0.248. The lowest BCUT2D eigenvalue weighted by Gasteiger charge is -2.42. The molecule has 1 N–H and O–H groups in total. The van der Waals surface area contributed by atoms with E-state index in [1.165, 1.54) is 5.57 Å². The second-order valence-electron chi connectivity index (χ2n) is 16.9. The second-order valence-corrected chi connectivity index (χ2v) is 16.9. The van der Waals surface area contributed by atoms with Crippen molar-refractivity contribution in [3.8, 4) is 22.6 Å². The van der Waals surface area contributed by atoms with Gasteiger partial charge in [0, 0.05) is 55.0 Å². The molecule has 1 aliphatic heterocycles. The number of phenolic OH excluding ortho intramolecular Hbond substituents is 1. The van der Waals surface area contributed by atoms with Crippen LogP contribution >= 0.6 is 0 Å². The van der Waals surface area contributed by atoms with E-state index in [1.807, 2.05) is 12.1 Å². The molecule has 304 valence electrons. The zero-order valence-electron chi connectivity index (χ0n) is 35.1. The van der Waals surface area contributed by atoms with Crippen molar-refractivity contribution in [3.05, 3.63) is 211 Å². The number of benzene rings is 8. The van der Waals surface area contributed by atoms with Gasteiger partial charge in [0.2, 0.25) is 0 Å². The molecule has 1 aromatic heterocycles. The normalized spacial score (nSPS) is 17.6. The molecule has 63 heavy (non-hydrogen) atoms. The molecular weight excluding hydrogens is 773 g/mol. The van der Waals surface area contributed by atoms with E-state index in [0.29, 0.717) is 0 Å². The zero-order chi connectivity index (χ0) is 42.2. The van der Waals surface area contributed by atoms with Gasteiger partial charge in [-0.05, 0) is 78.7 Å². The number of rotatable bonds is 7.